The van der Waals surface area contributed by atoms with E-state index >= 15 is 0 Å². The van der Waals surface area contributed by atoms with Gasteiger partial charge < -0.3 is 4.90 Å². The Morgan fingerprint density at radius 3 is 2.16 bits per heavy atom. The van der Waals surface area contributed by atoms with Crippen molar-refractivity contribution in [1.82, 2.24) is 9.80 Å². The van der Waals surface area contributed by atoms with Crippen molar-refractivity contribution < 1.29 is 26.4 Å². The Labute approximate surface area is 180 Å². The third kappa shape index (κ3) is 5.65. The Morgan fingerprint density at radius 1 is 0.968 bits per heavy atom. The Balaban J connectivity index is 1.63. The highest BCUT2D eigenvalue weighted by atomic mass is 32.2. The van der Waals surface area contributed by atoms with E-state index in [1.54, 1.807) is 30.0 Å². The van der Waals surface area contributed by atoms with Gasteiger partial charge in [-0.3, -0.25) is 9.69 Å². The molecule has 0 unspecified atom stereocenters. The van der Waals surface area contributed by atoms with Gasteiger partial charge in [0.2, 0.25) is 0 Å². The van der Waals surface area contributed by atoms with E-state index in [9.17, 15) is 26.4 Å². The molecule has 0 bridgehead atoms. The van der Waals surface area contributed by atoms with E-state index in [0.717, 1.165) is 17.7 Å². The molecule has 0 N–H and O–H groups in total. The lowest BCUT2D eigenvalue weighted by Crippen LogP contribution is -2.48. The molecule has 1 saturated heterocycles. The number of carbonyl (C=O) groups excluding carboxylic acids is 1. The summed E-state index contributed by atoms with van der Waals surface area (Å²) in [5, 5.41) is 0. The largest absolute Gasteiger partial charge is 0.416 e. The predicted octanol–water partition coefficient (Wildman–Crippen LogP) is 3.85. The average molecular weight is 455 g/mol. The molecule has 1 amide bonds. The summed E-state index contributed by atoms with van der Waals surface area (Å²) in [5.74, 6) is -0.331. The van der Waals surface area contributed by atoms with Crippen molar-refractivity contribution in [2.75, 3.05) is 31.9 Å². The zero-order valence-corrected chi connectivity index (χ0v) is 18.0. The number of rotatable bonds is 6. The van der Waals surface area contributed by atoms with Gasteiger partial charge in [0.05, 0.1) is 21.8 Å². The smallest absolute Gasteiger partial charge is 0.336 e. The zero-order valence-electron chi connectivity index (χ0n) is 17.2. The minimum Gasteiger partial charge on any atom is -0.336 e. The van der Waals surface area contributed by atoms with Gasteiger partial charge in [-0.05, 0) is 36.2 Å². The number of carbonyl (C=O) groups is 1. The minimum atomic E-state index is -4.36. The second-order valence-corrected chi connectivity index (χ2v) is 9.66. The summed E-state index contributed by atoms with van der Waals surface area (Å²) in [6.45, 7) is 4.20. The average Bonchev–Trinajstić information content (AvgIpc) is 2.73. The summed E-state index contributed by atoms with van der Waals surface area (Å²) < 4.78 is 63.2. The molecule has 1 heterocycles. The molecule has 0 spiro atoms. The molecular weight excluding hydrogens is 429 g/mol. The standard InChI is InChI=1S/C22H25F3N2O3S/c1-2-15-31(29,30)20-6-4-3-5-19(20)21(28)27-13-11-26(12-14-27)16-17-7-9-18(10-8-17)22(23,24)25/h3-10H,2,11-16H2,1H3. The number of alkyl halides is 3. The first-order valence-corrected chi connectivity index (χ1v) is 11.8. The zero-order chi connectivity index (χ0) is 22.6. The second-order valence-electron chi connectivity index (χ2n) is 7.58. The van der Waals surface area contributed by atoms with Crippen molar-refractivity contribution in [3.05, 3.63) is 65.2 Å². The highest BCUT2D eigenvalue weighted by molar-refractivity contribution is 7.91. The van der Waals surface area contributed by atoms with Crippen LogP contribution in [0.25, 0.3) is 0 Å². The molecule has 2 aromatic carbocycles. The van der Waals surface area contributed by atoms with Crippen LogP contribution in [0.2, 0.25) is 0 Å². The lowest BCUT2D eigenvalue weighted by Gasteiger charge is -2.35. The van der Waals surface area contributed by atoms with E-state index in [1.807, 2.05) is 0 Å². The Kier molecular flexibility index (Phi) is 7.06. The van der Waals surface area contributed by atoms with Gasteiger partial charge in [-0.2, -0.15) is 13.2 Å². The number of hydrogen-bond acceptors (Lipinski definition) is 4. The maximum absolute atomic E-state index is 13.0. The van der Waals surface area contributed by atoms with E-state index in [4.69, 9.17) is 0 Å². The lowest BCUT2D eigenvalue weighted by molar-refractivity contribution is -0.137. The summed E-state index contributed by atoms with van der Waals surface area (Å²) in [7, 11) is -3.53. The third-order valence-corrected chi connectivity index (χ3v) is 7.24. The topological polar surface area (TPSA) is 57.7 Å². The van der Waals surface area contributed by atoms with Crippen molar-refractivity contribution in [2.24, 2.45) is 0 Å². The normalized spacial score (nSPS) is 15.8. The molecule has 0 radical (unpaired) electrons. The van der Waals surface area contributed by atoms with E-state index in [1.165, 1.54) is 18.2 Å². The second kappa shape index (κ2) is 9.40. The quantitative estimate of drug-likeness (QED) is 0.666. The van der Waals surface area contributed by atoms with Crippen LogP contribution in [0.5, 0.6) is 0 Å². The fraction of sp³-hybridized carbons (Fsp3) is 0.409. The Bertz CT molecular complexity index is 1010. The molecule has 0 saturated carbocycles. The Morgan fingerprint density at radius 2 is 1.58 bits per heavy atom. The molecule has 168 valence electrons. The molecule has 0 aromatic heterocycles. The summed E-state index contributed by atoms with van der Waals surface area (Å²) >= 11 is 0. The van der Waals surface area contributed by atoms with E-state index in [-0.39, 0.29) is 22.1 Å². The SMILES string of the molecule is CCCS(=O)(=O)c1ccccc1C(=O)N1CCN(Cc2ccc(C(F)(F)F)cc2)CC1. The van der Waals surface area contributed by atoms with Crippen LogP contribution in [0.3, 0.4) is 0 Å². The first-order valence-electron chi connectivity index (χ1n) is 10.1. The summed E-state index contributed by atoms with van der Waals surface area (Å²) in [4.78, 5) is 16.8. The van der Waals surface area contributed by atoms with Crippen LogP contribution >= 0.6 is 0 Å². The first kappa shape index (κ1) is 23.3. The molecule has 1 aliphatic rings. The summed E-state index contributed by atoms with van der Waals surface area (Å²) in [5.41, 5.74) is 0.277. The van der Waals surface area contributed by atoms with Crippen molar-refractivity contribution in [1.29, 1.82) is 0 Å². The van der Waals surface area contributed by atoms with Gasteiger partial charge in [0.15, 0.2) is 9.84 Å². The molecule has 3 rings (SSSR count). The molecule has 9 heteroatoms. The fourth-order valence-electron chi connectivity index (χ4n) is 3.63. The minimum absolute atomic E-state index is 0.0157. The molecule has 2 aromatic rings. The van der Waals surface area contributed by atoms with E-state index < -0.39 is 21.6 Å². The van der Waals surface area contributed by atoms with Crippen LogP contribution in [0.4, 0.5) is 13.2 Å². The van der Waals surface area contributed by atoms with Gasteiger partial charge in [0.25, 0.3) is 5.91 Å². The number of hydrogen-bond donors (Lipinski definition) is 0. The maximum atomic E-state index is 13.0. The van der Waals surface area contributed by atoms with Gasteiger partial charge in [-0.1, -0.05) is 31.2 Å². The van der Waals surface area contributed by atoms with Gasteiger partial charge in [0, 0.05) is 32.7 Å². The monoisotopic (exact) mass is 454 g/mol. The van der Waals surface area contributed by atoms with Crippen LogP contribution in [0.1, 0.15) is 34.8 Å². The number of piperazine rings is 1. The number of nitrogens with zero attached hydrogens (tertiary/aromatic N) is 2. The molecule has 1 fully saturated rings. The number of sulfone groups is 1. The van der Waals surface area contributed by atoms with Crippen molar-refractivity contribution in [3.63, 3.8) is 0 Å². The molecule has 0 aliphatic carbocycles. The summed E-state index contributed by atoms with van der Waals surface area (Å²) in [6, 6.07) is 11.4. The van der Waals surface area contributed by atoms with Gasteiger partial charge in [0.1, 0.15) is 0 Å². The number of amides is 1. The predicted molar refractivity (Wildman–Crippen MR) is 111 cm³/mol. The van der Waals surface area contributed by atoms with Crippen molar-refractivity contribution in [3.8, 4) is 0 Å². The highest BCUT2D eigenvalue weighted by Crippen LogP contribution is 2.29. The van der Waals surface area contributed by atoms with Crippen molar-refractivity contribution >= 4 is 15.7 Å². The van der Waals surface area contributed by atoms with E-state index in [2.05, 4.69) is 4.90 Å². The lowest BCUT2D eigenvalue weighted by atomic mass is 10.1. The van der Waals surface area contributed by atoms with Gasteiger partial charge in [-0.15, -0.1) is 0 Å². The number of halogens is 3. The Hall–Kier alpha value is -2.39. The highest BCUT2D eigenvalue weighted by Gasteiger charge is 2.30. The number of benzene rings is 2. The molecular formula is C22H25F3N2O3S. The first-order chi connectivity index (χ1) is 14.6. The maximum Gasteiger partial charge on any atom is 0.416 e. The molecule has 0 atom stereocenters. The molecule has 31 heavy (non-hydrogen) atoms. The molecule has 5 nitrogen and oxygen atoms in total. The van der Waals surface area contributed by atoms with Crippen LogP contribution in [-0.4, -0.2) is 56.1 Å². The van der Waals surface area contributed by atoms with Crippen LogP contribution in [0, 0.1) is 0 Å². The van der Waals surface area contributed by atoms with Gasteiger partial charge in [-0.25, -0.2) is 8.42 Å². The van der Waals surface area contributed by atoms with Crippen LogP contribution in [-0.2, 0) is 22.6 Å². The summed E-state index contributed by atoms with van der Waals surface area (Å²) in [6.07, 6.45) is -3.89. The fourth-order valence-corrected chi connectivity index (χ4v) is 5.16. The van der Waals surface area contributed by atoms with Crippen LogP contribution < -0.4 is 0 Å². The molecule has 1 aliphatic heterocycles. The van der Waals surface area contributed by atoms with Crippen molar-refractivity contribution in [2.45, 2.75) is 31.0 Å². The van der Waals surface area contributed by atoms with E-state index in [0.29, 0.717) is 39.1 Å². The van der Waals surface area contributed by atoms with Crippen LogP contribution in [0.15, 0.2) is 53.4 Å². The van der Waals surface area contributed by atoms with Gasteiger partial charge >= 0.3 is 6.18 Å². The third-order valence-electron chi connectivity index (χ3n) is 5.27.